The van der Waals surface area contributed by atoms with Crippen LogP contribution in [0.1, 0.15) is 18.4 Å². The standard InChI is InChI=1S/C19H20FN3O5S/c20-16-5-9-18(10-6-16)29(27,28)22-11-1-2-15(13-22)19(24)21-12-14-3-7-17(8-4-14)23(25)26/h3-10,15H,1-2,11-13H2,(H,21,24). The Hall–Kier alpha value is -2.85. The Kier molecular flexibility index (Phi) is 6.23. The summed E-state index contributed by atoms with van der Waals surface area (Å²) < 4.78 is 39.8. The van der Waals surface area contributed by atoms with Crippen molar-refractivity contribution in [2.45, 2.75) is 24.3 Å². The lowest BCUT2D eigenvalue weighted by Crippen LogP contribution is -2.45. The van der Waals surface area contributed by atoms with Crippen LogP contribution >= 0.6 is 0 Å². The molecule has 1 heterocycles. The number of nitro benzene ring substituents is 1. The van der Waals surface area contributed by atoms with Crippen molar-refractivity contribution in [1.29, 1.82) is 0 Å². The summed E-state index contributed by atoms with van der Waals surface area (Å²) in [6.07, 6.45) is 1.09. The van der Waals surface area contributed by atoms with E-state index in [0.29, 0.717) is 24.9 Å². The molecule has 29 heavy (non-hydrogen) atoms. The molecule has 1 atom stereocenters. The van der Waals surface area contributed by atoms with Crippen molar-refractivity contribution in [2.24, 2.45) is 5.92 Å². The minimum atomic E-state index is -3.80. The van der Waals surface area contributed by atoms with Crippen LogP contribution in [0.5, 0.6) is 0 Å². The number of rotatable bonds is 6. The number of nitrogens with zero attached hydrogens (tertiary/aromatic N) is 2. The Bertz CT molecular complexity index is 994. The van der Waals surface area contributed by atoms with Crippen LogP contribution in [0.25, 0.3) is 0 Å². The highest BCUT2D eigenvalue weighted by atomic mass is 32.2. The van der Waals surface area contributed by atoms with Gasteiger partial charge in [-0.05, 0) is 42.7 Å². The smallest absolute Gasteiger partial charge is 0.269 e. The maximum Gasteiger partial charge on any atom is 0.269 e. The number of hydrogen-bond donors (Lipinski definition) is 1. The number of halogens is 1. The van der Waals surface area contributed by atoms with Crippen molar-refractivity contribution >= 4 is 21.6 Å². The zero-order valence-electron chi connectivity index (χ0n) is 15.5. The first-order chi connectivity index (χ1) is 13.8. The summed E-state index contributed by atoms with van der Waals surface area (Å²) in [5, 5.41) is 13.4. The molecule has 10 heteroatoms. The van der Waals surface area contributed by atoms with E-state index in [2.05, 4.69) is 5.32 Å². The van der Waals surface area contributed by atoms with Gasteiger partial charge in [-0.3, -0.25) is 14.9 Å². The van der Waals surface area contributed by atoms with Crippen molar-refractivity contribution in [1.82, 2.24) is 9.62 Å². The summed E-state index contributed by atoms with van der Waals surface area (Å²) in [6.45, 7) is 0.537. The number of amides is 1. The molecule has 2 aromatic carbocycles. The Morgan fingerprint density at radius 1 is 1.17 bits per heavy atom. The van der Waals surface area contributed by atoms with Crippen molar-refractivity contribution < 1.29 is 22.5 Å². The molecular weight excluding hydrogens is 401 g/mol. The lowest BCUT2D eigenvalue weighted by atomic mass is 9.99. The summed E-state index contributed by atoms with van der Waals surface area (Å²) in [5.74, 6) is -1.30. The number of piperidine rings is 1. The molecule has 0 radical (unpaired) electrons. The molecule has 1 aliphatic heterocycles. The SMILES string of the molecule is O=C(NCc1ccc([N+](=O)[O-])cc1)C1CCCN(S(=O)(=O)c2ccc(F)cc2)C1. The van der Waals surface area contributed by atoms with Gasteiger partial charge < -0.3 is 5.32 Å². The molecule has 0 bridgehead atoms. The summed E-state index contributed by atoms with van der Waals surface area (Å²) in [7, 11) is -3.80. The monoisotopic (exact) mass is 421 g/mol. The number of carbonyl (C=O) groups is 1. The van der Waals surface area contributed by atoms with Crippen LogP contribution in [0, 0.1) is 21.8 Å². The first-order valence-electron chi connectivity index (χ1n) is 9.04. The van der Waals surface area contributed by atoms with Crippen LogP contribution in [0.4, 0.5) is 10.1 Å². The van der Waals surface area contributed by atoms with Crippen LogP contribution in [0.15, 0.2) is 53.4 Å². The van der Waals surface area contributed by atoms with Crippen LogP contribution in [-0.2, 0) is 21.4 Å². The summed E-state index contributed by atoms with van der Waals surface area (Å²) in [4.78, 5) is 22.7. The van der Waals surface area contributed by atoms with Gasteiger partial charge in [0.1, 0.15) is 5.82 Å². The highest BCUT2D eigenvalue weighted by Gasteiger charge is 2.33. The van der Waals surface area contributed by atoms with E-state index in [1.807, 2.05) is 0 Å². The fourth-order valence-corrected chi connectivity index (χ4v) is 4.72. The van der Waals surface area contributed by atoms with E-state index in [-0.39, 0.29) is 29.6 Å². The number of carbonyl (C=O) groups excluding carboxylic acids is 1. The maximum atomic E-state index is 13.1. The first-order valence-corrected chi connectivity index (χ1v) is 10.5. The zero-order chi connectivity index (χ0) is 21.0. The van der Waals surface area contributed by atoms with E-state index in [1.54, 1.807) is 12.1 Å². The van der Waals surface area contributed by atoms with Crippen molar-refractivity contribution in [3.63, 3.8) is 0 Å². The van der Waals surface area contributed by atoms with Crippen molar-refractivity contribution in [2.75, 3.05) is 13.1 Å². The molecule has 1 saturated heterocycles. The molecule has 8 nitrogen and oxygen atoms in total. The van der Waals surface area contributed by atoms with Gasteiger partial charge in [0.2, 0.25) is 15.9 Å². The van der Waals surface area contributed by atoms with Gasteiger partial charge in [0.05, 0.1) is 15.7 Å². The number of non-ortho nitro benzene ring substituents is 1. The van der Waals surface area contributed by atoms with E-state index >= 15 is 0 Å². The molecule has 1 N–H and O–H groups in total. The largest absolute Gasteiger partial charge is 0.352 e. The van der Waals surface area contributed by atoms with Gasteiger partial charge in [-0.15, -0.1) is 0 Å². The fourth-order valence-electron chi connectivity index (χ4n) is 3.20. The Morgan fingerprint density at radius 2 is 1.83 bits per heavy atom. The third-order valence-corrected chi connectivity index (χ3v) is 6.70. The highest BCUT2D eigenvalue weighted by Crippen LogP contribution is 2.24. The van der Waals surface area contributed by atoms with Crippen molar-refractivity contribution in [3.8, 4) is 0 Å². The Morgan fingerprint density at radius 3 is 2.45 bits per heavy atom. The van der Waals surface area contributed by atoms with E-state index in [9.17, 15) is 27.7 Å². The molecule has 2 aromatic rings. The van der Waals surface area contributed by atoms with Gasteiger partial charge in [-0.25, -0.2) is 12.8 Å². The molecule has 1 unspecified atom stereocenters. The Balaban J connectivity index is 1.61. The molecule has 1 aliphatic rings. The molecule has 0 aliphatic carbocycles. The highest BCUT2D eigenvalue weighted by molar-refractivity contribution is 7.89. The van der Waals surface area contributed by atoms with Crippen LogP contribution in [0.3, 0.4) is 0 Å². The van der Waals surface area contributed by atoms with Crippen LogP contribution < -0.4 is 5.32 Å². The third-order valence-electron chi connectivity index (χ3n) is 4.82. The molecule has 0 aromatic heterocycles. The van der Waals surface area contributed by atoms with E-state index in [1.165, 1.54) is 28.6 Å². The molecule has 0 saturated carbocycles. The van der Waals surface area contributed by atoms with Crippen LogP contribution in [0.2, 0.25) is 0 Å². The molecular formula is C19H20FN3O5S. The first kappa shape index (κ1) is 20.9. The van der Waals surface area contributed by atoms with Crippen molar-refractivity contribution in [3.05, 3.63) is 70.0 Å². The van der Waals surface area contributed by atoms with Gasteiger partial charge in [-0.2, -0.15) is 4.31 Å². The average molecular weight is 421 g/mol. The van der Waals surface area contributed by atoms with Gasteiger partial charge in [0, 0.05) is 31.8 Å². The normalized spacial score (nSPS) is 17.6. The molecule has 154 valence electrons. The van der Waals surface area contributed by atoms with Gasteiger partial charge >= 0.3 is 0 Å². The second-order valence-corrected chi connectivity index (χ2v) is 8.74. The molecule has 3 rings (SSSR count). The number of nitro groups is 1. The minimum absolute atomic E-state index is 0.00848. The van der Waals surface area contributed by atoms with Gasteiger partial charge in [-0.1, -0.05) is 12.1 Å². The quantitative estimate of drug-likeness (QED) is 0.569. The van der Waals surface area contributed by atoms with E-state index in [4.69, 9.17) is 0 Å². The van der Waals surface area contributed by atoms with Gasteiger partial charge in [0.15, 0.2) is 0 Å². The Labute approximate surface area is 167 Å². The molecule has 1 amide bonds. The lowest BCUT2D eigenvalue weighted by molar-refractivity contribution is -0.384. The second-order valence-electron chi connectivity index (χ2n) is 6.80. The summed E-state index contributed by atoms with van der Waals surface area (Å²) in [5.41, 5.74) is 0.671. The minimum Gasteiger partial charge on any atom is -0.352 e. The third kappa shape index (κ3) is 4.96. The van der Waals surface area contributed by atoms with Crippen LogP contribution in [-0.4, -0.2) is 36.6 Å². The lowest BCUT2D eigenvalue weighted by Gasteiger charge is -2.31. The van der Waals surface area contributed by atoms with E-state index < -0.39 is 26.7 Å². The van der Waals surface area contributed by atoms with E-state index in [0.717, 1.165) is 12.1 Å². The molecule has 1 fully saturated rings. The second kappa shape index (κ2) is 8.66. The summed E-state index contributed by atoms with van der Waals surface area (Å²) >= 11 is 0. The average Bonchev–Trinajstić information content (AvgIpc) is 2.72. The zero-order valence-corrected chi connectivity index (χ0v) is 16.3. The molecule has 0 spiro atoms. The predicted octanol–water partition coefficient (Wildman–Crippen LogP) is 2.45. The number of hydrogen-bond acceptors (Lipinski definition) is 5. The topological polar surface area (TPSA) is 110 Å². The predicted molar refractivity (Wildman–Crippen MR) is 103 cm³/mol. The number of benzene rings is 2. The fraction of sp³-hybridized carbons (Fsp3) is 0.316. The number of sulfonamides is 1. The summed E-state index contributed by atoms with van der Waals surface area (Å²) in [6, 6.07) is 10.4. The van der Waals surface area contributed by atoms with Gasteiger partial charge in [0.25, 0.3) is 5.69 Å². The maximum absolute atomic E-state index is 13.1. The number of nitrogens with one attached hydrogen (secondary N) is 1.